The number of carbonyl (C=O) groups excluding carboxylic acids is 1. The highest BCUT2D eigenvalue weighted by Crippen LogP contribution is 2.29. The third kappa shape index (κ3) is 3.59. The zero-order chi connectivity index (χ0) is 15.5. The molecule has 0 atom stereocenters. The minimum absolute atomic E-state index is 0.0636. The van der Waals surface area contributed by atoms with Gasteiger partial charge in [-0.3, -0.25) is 9.71 Å². The lowest BCUT2D eigenvalue weighted by Crippen LogP contribution is -2.12. The van der Waals surface area contributed by atoms with E-state index in [2.05, 4.69) is 9.71 Å². The zero-order valence-electron chi connectivity index (χ0n) is 11.5. The van der Waals surface area contributed by atoms with E-state index in [1.807, 2.05) is 0 Å². The van der Waals surface area contributed by atoms with Crippen molar-refractivity contribution in [1.82, 2.24) is 4.98 Å². The number of pyridine rings is 1. The molecule has 112 valence electrons. The van der Waals surface area contributed by atoms with Crippen molar-refractivity contribution in [2.45, 2.75) is 18.7 Å². The first-order valence-electron chi connectivity index (χ1n) is 6.14. The molecular weight excluding hydrogens is 312 g/mol. The average Bonchev–Trinajstić information content (AvgIpc) is 2.80. The number of aromatic nitrogens is 1. The highest BCUT2D eigenvalue weighted by atomic mass is 32.2. The van der Waals surface area contributed by atoms with Crippen LogP contribution in [0.25, 0.3) is 0 Å². The fourth-order valence-corrected chi connectivity index (χ4v) is 3.84. The maximum absolute atomic E-state index is 12.2. The van der Waals surface area contributed by atoms with E-state index in [1.165, 1.54) is 24.5 Å². The van der Waals surface area contributed by atoms with Gasteiger partial charge in [-0.1, -0.05) is 0 Å². The van der Waals surface area contributed by atoms with Crippen LogP contribution in [-0.2, 0) is 14.8 Å². The molecule has 0 radical (unpaired) electrons. The molecule has 0 amide bonds. The van der Waals surface area contributed by atoms with Crippen LogP contribution >= 0.6 is 11.3 Å². The first-order chi connectivity index (χ1) is 9.94. The van der Waals surface area contributed by atoms with Gasteiger partial charge in [-0.2, -0.15) is 0 Å². The summed E-state index contributed by atoms with van der Waals surface area (Å²) >= 11 is 1.04. The Morgan fingerprint density at radius 2 is 2.24 bits per heavy atom. The molecule has 2 aromatic rings. The monoisotopic (exact) mass is 326 g/mol. The Hall–Kier alpha value is -1.93. The number of hydrogen-bond donors (Lipinski definition) is 1. The molecule has 0 unspecified atom stereocenters. The third-order valence-electron chi connectivity index (χ3n) is 2.56. The maximum atomic E-state index is 12.2. The predicted octanol–water partition coefficient (Wildman–Crippen LogP) is 2.43. The number of esters is 1. The van der Waals surface area contributed by atoms with Crippen LogP contribution in [0.5, 0.6) is 0 Å². The third-order valence-corrected chi connectivity index (χ3v) is 5.17. The largest absolute Gasteiger partial charge is 0.462 e. The SMILES string of the molecule is CCOC(=O)c1sc(NS(=O)(=O)c2cccnc2)cc1C. The second-order valence-electron chi connectivity index (χ2n) is 4.14. The van der Waals surface area contributed by atoms with Gasteiger partial charge in [0, 0.05) is 12.4 Å². The molecule has 8 heteroatoms. The summed E-state index contributed by atoms with van der Waals surface area (Å²) in [4.78, 5) is 15.9. The highest BCUT2D eigenvalue weighted by Gasteiger charge is 2.19. The van der Waals surface area contributed by atoms with Crippen LogP contribution in [0.3, 0.4) is 0 Å². The molecule has 21 heavy (non-hydrogen) atoms. The number of anilines is 1. The van der Waals surface area contributed by atoms with Gasteiger partial charge < -0.3 is 4.74 Å². The van der Waals surface area contributed by atoms with Crippen LogP contribution in [0.4, 0.5) is 5.00 Å². The Kier molecular flexibility index (Phi) is 4.59. The minimum atomic E-state index is -3.71. The maximum Gasteiger partial charge on any atom is 0.348 e. The first-order valence-corrected chi connectivity index (χ1v) is 8.44. The standard InChI is InChI=1S/C13H14N2O4S2/c1-3-19-13(16)12-9(2)7-11(20-12)15-21(17,18)10-5-4-6-14-8-10/h4-8,15H,3H2,1-2H3. The second-order valence-corrected chi connectivity index (χ2v) is 6.87. The molecule has 0 saturated heterocycles. The summed E-state index contributed by atoms with van der Waals surface area (Å²) in [6.45, 7) is 3.71. The number of nitrogens with one attached hydrogen (secondary N) is 1. The fraction of sp³-hybridized carbons (Fsp3) is 0.231. The Labute approximate surface area is 126 Å². The summed E-state index contributed by atoms with van der Waals surface area (Å²) in [5.74, 6) is -0.452. The number of ether oxygens (including phenoxy) is 1. The van der Waals surface area contributed by atoms with Gasteiger partial charge in [-0.25, -0.2) is 13.2 Å². The van der Waals surface area contributed by atoms with Gasteiger partial charge in [0.1, 0.15) is 14.8 Å². The molecule has 0 fully saturated rings. The molecule has 1 N–H and O–H groups in total. The van der Waals surface area contributed by atoms with Gasteiger partial charge in [0.2, 0.25) is 0 Å². The van der Waals surface area contributed by atoms with E-state index in [0.717, 1.165) is 11.3 Å². The van der Waals surface area contributed by atoms with E-state index in [9.17, 15) is 13.2 Å². The Morgan fingerprint density at radius 3 is 2.86 bits per heavy atom. The molecule has 0 aliphatic carbocycles. The summed E-state index contributed by atoms with van der Waals surface area (Å²) in [6.07, 6.45) is 2.75. The van der Waals surface area contributed by atoms with E-state index in [0.29, 0.717) is 15.4 Å². The average molecular weight is 326 g/mol. The van der Waals surface area contributed by atoms with Gasteiger partial charge in [0.05, 0.1) is 6.61 Å². The van der Waals surface area contributed by atoms with Crippen LogP contribution in [0.1, 0.15) is 22.2 Å². The fourth-order valence-electron chi connectivity index (χ4n) is 1.63. The summed E-state index contributed by atoms with van der Waals surface area (Å²) < 4.78 is 31.7. The van der Waals surface area contributed by atoms with Crippen molar-refractivity contribution in [1.29, 1.82) is 0 Å². The molecule has 0 aliphatic rings. The van der Waals surface area contributed by atoms with Crippen molar-refractivity contribution in [3.05, 3.63) is 41.0 Å². The first kappa shape index (κ1) is 15.5. The van der Waals surface area contributed by atoms with Crippen LogP contribution < -0.4 is 4.72 Å². The number of hydrogen-bond acceptors (Lipinski definition) is 6. The Bertz CT molecular complexity index is 739. The minimum Gasteiger partial charge on any atom is -0.462 e. The lowest BCUT2D eigenvalue weighted by Gasteiger charge is -2.04. The van der Waals surface area contributed by atoms with E-state index in [4.69, 9.17) is 4.74 Å². The summed E-state index contributed by atoms with van der Waals surface area (Å²) in [6, 6.07) is 4.59. The van der Waals surface area contributed by atoms with Gasteiger partial charge in [0.15, 0.2) is 0 Å². The predicted molar refractivity (Wildman–Crippen MR) is 80.1 cm³/mol. The lowest BCUT2D eigenvalue weighted by atomic mass is 10.3. The quantitative estimate of drug-likeness (QED) is 0.853. The van der Waals surface area contributed by atoms with Gasteiger partial charge >= 0.3 is 5.97 Å². The summed E-state index contributed by atoms with van der Waals surface area (Å²) in [7, 11) is -3.71. The van der Waals surface area contributed by atoms with Crippen molar-refractivity contribution >= 4 is 32.3 Å². The topological polar surface area (TPSA) is 85.4 Å². The molecule has 0 spiro atoms. The number of carbonyl (C=O) groups is 1. The molecule has 0 bridgehead atoms. The number of nitrogens with zero attached hydrogens (tertiary/aromatic N) is 1. The summed E-state index contributed by atoms with van der Waals surface area (Å²) in [5.41, 5.74) is 0.669. The second kappa shape index (κ2) is 6.23. The normalized spacial score (nSPS) is 11.1. The van der Waals surface area contributed by atoms with Crippen molar-refractivity contribution in [3.8, 4) is 0 Å². The lowest BCUT2D eigenvalue weighted by molar-refractivity contribution is 0.0531. The van der Waals surface area contributed by atoms with Crippen LogP contribution in [0.2, 0.25) is 0 Å². The number of rotatable bonds is 5. The Morgan fingerprint density at radius 1 is 1.48 bits per heavy atom. The number of thiophene rings is 1. The molecule has 2 rings (SSSR count). The molecule has 6 nitrogen and oxygen atoms in total. The van der Waals surface area contributed by atoms with Crippen LogP contribution in [-0.4, -0.2) is 26.0 Å². The molecule has 2 heterocycles. The molecule has 2 aromatic heterocycles. The van der Waals surface area contributed by atoms with Gasteiger partial charge in [-0.05, 0) is 37.6 Å². The Balaban J connectivity index is 2.25. The highest BCUT2D eigenvalue weighted by molar-refractivity contribution is 7.93. The van der Waals surface area contributed by atoms with Crippen molar-refractivity contribution in [3.63, 3.8) is 0 Å². The van der Waals surface area contributed by atoms with Crippen LogP contribution in [0.15, 0.2) is 35.5 Å². The zero-order valence-corrected chi connectivity index (χ0v) is 13.1. The van der Waals surface area contributed by atoms with E-state index in [-0.39, 0.29) is 11.5 Å². The number of sulfonamides is 1. The summed E-state index contributed by atoms with van der Waals surface area (Å²) in [5, 5.41) is 0.361. The molecule has 0 saturated carbocycles. The molecule has 0 aliphatic heterocycles. The van der Waals surface area contributed by atoms with E-state index < -0.39 is 16.0 Å². The number of aryl methyl sites for hydroxylation is 1. The van der Waals surface area contributed by atoms with Crippen molar-refractivity contribution < 1.29 is 17.9 Å². The van der Waals surface area contributed by atoms with Gasteiger partial charge in [0.25, 0.3) is 10.0 Å². The smallest absolute Gasteiger partial charge is 0.348 e. The molecular formula is C13H14N2O4S2. The van der Waals surface area contributed by atoms with Gasteiger partial charge in [-0.15, -0.1) is 11.3 Å². The van der Waals surface area contributed by atoms with E-state index >= 15 is 0 Å². The van der Waals surface area contributed by atoms with Crippen molar-refractivity contribution in [2.24, 2.45) is 0 Å². The molecule has 0 aromatic carbocycles. The van der Waals surface area contributed by atoms with Crippen LogP contribution in [0, 0.1) is 6.92 Å². The van der Waals surface area contributed by atoms with Crippen molar-refractivity contribution in [2.75, 3.05) is 11.3 Å². The van der Waals surface area contributed by atoms with E-state index in [1.54, 1.807) is 19.9 Å².